The number of methoxy groups -OCH3 is 1. The fourth-order valence-corrected chi connectivity index (χ4v) is 6.52. The van der Waals surface area contributed by atoms with Crippen molar-refractivity contribution in [3.63, 3.8) is 0 Å². The fourth-order valence-electron chi connectivity index (χ4n) is 6.52. The number of rotatable bonds is 6. The highest BCUT2D eigenvalue weighted by Gasteiger charge is 2.30. The molecule has 2 saturated heterocycles. The van der Waals surface area contributed by atoms with Crippen molar-refractivity contribution < 1.29 is 14.3 Å². The van der Waals surface area contributed by atoms with E-state index in [1.54, 1.807) is 19.5 Å². The van der Waals surface area contributed by atoms with Crippen LogP contribution < -0.4 is 15.8 Å². The summed E-state index contributed by atoms with van der Waals surface area (Å²) in [6.07, 6.45) is 9.12. The minimum absolute atomic E-state index is 0.207. The topological polar surface area (TPSA) is 138 Å². The number of amides is 1. The minimum atomic E-state index is -0.246. The molecule has 0 radical (unpaired) electrons. The molecule has 4 aromatic heterocycles. The van der Waals surface area contributed by atoms with Crippen LogP contribution in [0.5, 0.6) is 5.75 Å². The van der Waals surface area contributed by atoms with Gasteiger partial charge in [0.1, 0.15) is 29.3 Å². The molecule has 2 aliphatic heterocycles. The lowest BCUT2D eigenvalue weighted by molar-refractivity contribution is 0.0215. The van der Waals surface area contributed by atoms with E-state index in [1.807, 2.05) is 46.6 Å². The number of aromatic nitrogens is 6. The summed E-state index contributed by atoms with van der Waals surface area (Å²) >= 11 is 0. The summed E-state index contributed by atoms with van der Waals surface area (Å²) in [5.74, 6) is 0.644. The fraction of sp³-hybridized carbons (Fsp3) is 0.387. The number of aryl methyl sites for hydroxylation is 1. The third kappa shape index (κ3) is 4.96. The van der Waals surface area contributed by atoms with Gasteiger partial charge in [-0.25, -0.2) is 14.6 Å². The van der Waals surface area contributed by atoms with Crippen molar-refractivity contribution >= 4 is 39.3 Å². The Bertz CT molecular complexity index is 1800. The maximum Gasteiger partial charge on any atom is 0.272 e. The predicted molar refractivity (Wildman–Crippen MR) is 164 cm³/mol. The number of nitrogen functional groups attached to an aromatic ring is 1. The lowest BCUT2D eigenvalue weighted by Gasteiger charge is -2.39. The van der Waals surface area contributed by atoms with Crippen molar-refractivity contribution in [2.75, 3.05) is 44.5 Å². The van der Waals surface area contributed by atoms with Gasteiger partial charge in [0.15, 0.2) is 5.65 Å². The molecule has 2 aliphatic rings. The van der Waals surface area contributed by atoms with Crippen LogP contribution in [0.2, 0.25) is 0 Å². The normalized spacial score (nSPS) is 17.1. The first-order valence-electron chi connectivity index (χ1n) is 14.7. The number of carbonyl (C=O) groups is 1. The number of hydrogen-bond acceptors (Lipinski definition) is 9. The summed E-state index contributed by atoms with van der Waals surface area (Å²) in [7, 11) is 3.43. The molecule has 0 aliphatic carbocycles. The van der Waals surface area contributed by atoms with E-state index in [2.05, 4.69) is 25.2 Å². The van der Waals surface area contributed by atoms with Crippen molar-refractivity contribution in [2.45, 2.75) is 37.8 Å². The van der Waals surface area contributed by atoms with Crippen LogP contribution in [0, 0.1) is 0 Å². The number of likely N-dealkylation sites (tertiary alicyclic amines) is 1. The van der Waals surface area contributed by atoms with Gasteiger partial charge in [-0.2, -0.15) is 5.10 Å². The average Bonchev–Trinajstić information content (AvgIpc) is 3.61. The number of carbonyl (C=O) groups excluding carboxylic acids is 1. The van der Waals surface area contributed by atoms with Crippen LogP contribution >= 0.6 is 0 Å². The molecule has 0 spiro atoms. The van der Waals surface area contributed by atoms with E-state index in [9.17, 15) is 4.79 Å². The maximum atomic E-state index is 13.3. The maximum absolute atomic E-state index is 13.3. The van der Waals surface area contributed by atoms with Crippen LogP contribution in [-0.4, -0.2) is 79.6 Å². The Labute approximate surface area is 248 Å². The van der Waals surface area contributed by atoms with E-state index in [1.165, 1.54) is 6.33 Å². The summed E-state index contributed by atoms with van der Waals surface area (Å²) < 4.78 is 15.1. The minimum Gasteiger partial charge on any atom is -0.495 e. The average molecular weight is 582 g/mol. The first-order valence-corrected chi connectivity index (χ1v) is 14.7. The van der Waals surface area contributed by atoms with E-state index in [4.69, 9.17) is 20.3 Å². The molecule has 222 valence electrons. The third-order valence-corrected chi connectivity index (χ3v) is 8.87. The highest BCUT2D eigenvalue weighted by molar-refractivity contribution is 6.07. The largest absolute Gasteiger partial charge is 0.495 e. The van der Waals surface area contributed by atoms with Gasteiger partial charge >= 0.3 is 0 Å². The molecule has 3 N–H and O–H groups in total. The van der Waals surface area contributed by atoms with Crippen molar-refractivity contribution in [1.82, 2.24) is 34.2 Å². The van der Waals surface area contributed by atoms with Gasteiger partial charge in [0, 0.05) is 56.5 Å². The highest BCUT2D eigenvalue weighted by atomic mass is 16.5. The molecule has 0 bridgehead atoms. The molecule has 43 heavy (non-hydrogen) atoms. The number of nitrogens with two attached hydrogens (primary N) is 1. The summed E-state index contributed by atoms with van der Waals surface area (Å²) in [6.45, 7) is 3.73. The van der Waals surface area contributed by atoms with Gasteiger partial charge in [-0.1, -0.05) is 6.07 Å². The predicted octanol–water partition coefficient (Wildman–Crippen LogP) is 4.04. The Morgan fingerprint density at radius 3 is 2.65 bits per heavy atom. The molecule has 0 saturated carbocycles. The molecular weight excluding hydrogens is 546 g/mol. The van der Waals surface area contributed by atoms with E-state index >= 15 is 0 Å². The number of hydrogen-bond donors (Lipinski definition) is 2. The quantitative estimate of drug-likeness (QED) is 0.304. The summed E-state index contributed by atoms with van der Waals surface area (Å²) in [5.41, 5.74) is 10.6. The Balaban J connectivity index is 1.17. The van der Waals surface area contributed by atoms with Crippen LogP contribution in [0.15, 0.2) is 49.1 Å². The third-order valence-electron chi connectivity index (χ3n) is 8.87. The number of nitrogens with one attached hydrogen (secondary N) is 1. The molecule has 1 aromatic carbocycles. The van der Waals surface area contributed by atoms with Crippen LogP contribution in [0.4, 0.5) is 11.5 Å². The SMILES string of the molecule is COc1cc(-c2nn(C3CCN(C4CCOCC4)CC3)c3ncnc(N)c23)ccc1NC(=O)c1cc2ccncc2n1C. The first kappa shape index (κ1) is 27.3. The highest BCUT2D eigenvalue weighted by Crippen LogP contribution is 2.38. The van der Waals surface area contributed by atoms with Crippen LogP contribution in [-0.2, 0) is 11.8 Å². The van der Waals surface area contributed by atoms with E-state index < -0.39 is 0 Å². The standard InChI is InChI=1S/C31H35N9O3/c1-38-24(15-19-5-10-33-17-25(19)38)31(41)36-23-4-3-20(16-26(23)42-2)28-27-29(32)34-18-35-30(27)40(37-28)22-6-11-39(12-7-22)21-8-13-43-14-9-21/h3-5,10,15-18,21-22H,6-9,11-14H2,1-2H3,(H,36,41)(H2,32,34,35). The molecular formula is C31H35N9O3. The van der Waals surface area contributed by atoms with Crippen LogP contribution in [0.25, 0.3) is 33.2 Å². The number of anilines is 2. The molecule has 2 fully saturated rings. The second-order valence-corrected chi connectivity index (χ2v) is 11.3. The Hall–Kier alpha value is -4.55. The zero-order valence-electron chi connectivity index (χ0n) is 24.4. The summed E-state index contributed by atoms with van der Waals surface area (Å²) in [6, 6.07) is 10.1. The van der Waals surface area contributed by atoms with Gasteiger partial charge in [-0.3, -0.25) is 9.78 Å². The second kappa shape index (κ2) is 11.3. The molecule has 0 atom stereocenters. The number of benzene rings is 1. The number of pyridine rings is 1. The van der Waals surface area contributed by atoms with Gasteiger partial charge in [0.25, 0.3) is 5.91 Å². The number of nitrogens with zero attached hydrogens (tertiary/aromatic N) is 7. The zero-order chi connectivity index (χ0) is 29.5. The van der Waals surface area contributed by atoms with Crippen molar-refractivity contribution in [1.29, 1.82) is 0 Å². The van der Waals surface area contributed by atoms with Crippen LogP contribution in [0.3, 0.4) is 0 Å². The molecule has 0 unspecified atom stereocenters. The Morgan fingerprint density at radius 1 is 1.07 bits per heavy atom. The number of fused-ring (bicyclic) bond motifs is 2. The molecule has 6 heterocycles. The monoisotopic (exact) mass is 581 g/mol. The lowest BCUT2D eigenvalue weighted by atomic mass is 10.00. The van der Waals surface area contributed by atoms with E-state index in [0.717, 1.165) is 79.5 Å². The number of ether oxygens (including phenoxy) is 2. The van der Waals surface area contributed by atoms with Gasteiger partial charge < -0.3 is 30.0 Å². The Morgan fingerprint density at radius 2 is 1.88 bits per heavy atom. The molecule has 5 aromatic rings. The summed E-state index contributed by atoms with van der Waals surface area (Å²) in [5, 5.41) is 9.74. The van der Waals surface area contributed by atoms with Crippen molar-refractivity contribution in [3.8, 4) is 17.0 Å². The molecule has 12 heteroatoms. The molecule has 7 rings (SSSR count). The summed E-state index contributed by atoms with van der Waals surface area (Å²) in [4.78, 5) is 29.0. The van der Waals surface area contributed by atoms with E-state index in [-0.39, 0.29) is 11.9 Å². The lowest BCUT2D eigenvalue weighted by Crippen LogP contribution is -2.44. The number of piperidine rings is 1. The Kier molecular flexibility index (Phi) is 7.15. The zero-order valence-corrected chi connectivity index (χ0v) is 24.4. The van der Waals surface area contributed by atoms with Crippen LogP contribution in [0.1, 0.15) is 42.2 Å². The molecule has 1 amide bonds. The second-order valence-electron chi connectivity index (χ2n) is 11.3. The van der Waals surface area contributed by atoms with E-state index in [0.29, 0.717) is 34.7 Å². The molecule has 12 nitrogen and oxygen atoms in total. The first-order chi connectivity index (χ1) is 21.0. The van der Waals surface area contributed by atoms with Gasteiger partial charge in [-0.15, -0.1) is 0 Å². The van der Waals surface area contributed by atoms with Gasteiger partial charge in [-0.05, 0) is 49.9 Å². The van der Waals surface area contributed by atoms with Gasteiger partial charge in [0.2, 0.25) is 0 Å². The smallest absolute Gasteiger partial charge is 0.272 e. The van der Waals surface area contributed by atoms with Crippen molar-refractivity contribution in [2.24, 2.45) is 7.05 Å². The van der Waals surface area contributed by atoms with Crippen molar-refractivity contribution in [3.05, 3.63) is 54.7 Å². The van der Waals surface area contributed by atoms with Gasteiger partial charge in [0.05, 0.1) is 35.9 Å².